The van der Waals surface area contributed by atoms with Crippen LogP contribution in [0.15, 0.2) is 24.3 Å². The molecule has 1 aliphatic heterocycles. The number of carbonyl (C=O) groups excluding carboxylic acids is 1. The van der Waals surface area contributed by atoms with Crippen molar-refractivity contribution in [3.8, 4) is 0 Å². The summed E-state index contributed by atoms with van der Waals surface area (Å²) in [5, 5.41) is 0. The van der Waals surface area contributed by atoms with Gasteiger partial charge in [-0.05, 0) is 50.3 Å². The van der Waals surface area contributed by atoms with Gasteiger partial charge in [0.2, 0.25) is 5.91 Å². The first kappa shape index (κ1) is 14.9. The fourth-order valence-corrected chi connectivity index (χ4v) is 2.73. The van der Waals surface area contributed by atoms with Gasteiger partial charge in [0.15, 0.2) is 0 Å². The molecule has 0 N–H and O–H groups in total. The zero-order valence-electron chi connectivity index (χ0n) is 12.9. The Bertz CT molecular complexity index is 450. The van der Waals surface area contributed by atoms with Crippen molar-refractivity contribution in [2.75, 3.05) is 31.1 Å². The molecule has 0 aliphatic carbocycles. The molecule has 0 radical (unpaired) electrons. The Kier molecular flexibility index (Phi) is 5.05. The lowest BCUT2D eigenvalue weighted by atomic mass is 9.99. The fraction of sp³-hybridized carbons (Fsp3) is 0.588. The molecule has 0 saturated carbocycles. The average molecular weight is 274 g/mol. The Balaban J connectivity index is 1.97. The standard InChI is InChI=1S/C17H26N2O/c1-4-18(16-7-5-6-15(3)12-16)13-17(20)19-10-8-14(2)9-11-19/h5-7,12,14H,4,8-11,13H2,1-3H3. The second kappa shape index (κ2) is 6.78. The summed E-state index contributed by atoms with van der Waals surface area (Å²) in [7, 11) is 0. The molecule has 1 aromatic carbocycles. The molecule has 0 bridgehead atoms. The maximum atomic E-state index is 12.4. The van der Waals surface area contributed by atoms with Gasteiger partial charge in [-0.1, -0.05) is 19.1 Å². The van der Waals surface area contributed by atoms with Gasteiger partial charge in [-0.2, -0.15) is 0 Å². The first-order valence-corrected chi connectivity index (χ1v) is 7.69. The molecule has 0 spiro atoms. The number of rotatable bonds is 4. The zero-order valence-corrected chi connectivity index (χ0v) is 12.9. The number of hydrogen-bond acceptors (Lipinski definition) is 2. The minimum Gasteiger partial charge on any atom is -0.362 e. The highest BCUT2D eigenvalue weighted by atomic mass is 16.2. The number of amides is 1. The van der Waals surface area contributed by atoms with Gasteiger partial charge in [-0.3, -0.25) is 4.79 Å². The fourth-order valence-electron chi connectivity index (χ4n) is 2.73. The lowest BCUT2D eigenvalue weighted by Gasteiger charge is -2.32. The van der Waals surface area contributed by atoms with E-state index in [1.807, 2.05) is 4.90 Å². The summed E-state index contributed by atoms with van der Waals surface area (Å²) in [6, 6.07) is 8.38. The van der Waals surface area contributed by atoms with E-state index >= 15 is 0 Å². The summed E-state index contributed by atoms with van der Waals surface area (Å²) in [6.45, 7) is 9.66. The van der Waals surface area contributed by atoms with Crippen molar-refractivity contribution in [1.29, 1.82) is 0 Å². The molecule has 1 saturated heterocycles. The highest BCUT2D eigenvalue weighted by Crippen LogP contribution is 2.18. The van der Waals surface area contributed by atoms with E-state index in [1.165, 1.54) is 5.56 Å². The summed E-state index contributed by atoms with van der Waals surface area (Å²) in [5.74, 6) is 1.03. The second-order valence-corrected chi connectivity index (χ2v) is 5.92. The van der Waals surface area contributed by atoms with Crippen LogP contribution >= 0.6 is 0 Å². The molecule has 0 unspecified atom stereocenters. The normalized spacial score (nSPS) is 16.2. The molecule has 0 aromatic heterocycles. The predicted molar refractivity (Wildman–Crippen MR) is 84.0 cm³/mol. The molecule has 1 amide bonds. The summed E-state index contributed by atoms with van der Waals surface area (Å²) >= 11 is 0. The van der Waals surface area contributed by atoms with Crippen molar-refractivity contribution >= 4 is 11.6 Å². The summed E-state index contributed by atoms with van der Waals surface area (Å²) in [4.78, 5) is 16.6. The van der Waals surface area contributed by atoms with Gasteiger partial charge in [-0.25, -0.2) is 0 Å². The van der Waals surface area contributed by atoms with Crippen molar-refractivity contribution in [2.24, 2.45) is 5.92 Å². The van der Waals surface area contributed by atoms with Crippen LogP contribution in [0.3, 0.4) is 0 Å². The number of anilines is 1. The number of aryl methyl sites for hydroxylation is 1. The van der Waals surface area contributed by atoms with E-state index in [0.717, 1.165) is 44.1 Å². The number of benzene rings is 1. The molecule has 1 aromatic rings. The Labute approximate surface area is 122 Å². The van der Waals surface area contributed by atoms with Gasteiger partial charge in [-0.15, -0.1) is 0 Å². The van der Waals surface area contributed by atoms with E-state index in [1.54, 1.807) is 0 Å². The number of likely N-dealkylation sites (tertiary alicyclic amines) is 1. The monoisotopic (exact) mass is 274 g/mol. The van der Waals surface area contributed by atoms with Gasteiger partial charge < -0.3 is 9.80 Å². The SMILES string of the molecule is CCN(CC(=O)N1CCC(C)CC1)c1cccc(C)c1. The first-order chi connectivity index (χ1) is 9.60. The number of nitrogens with zero attached hydrogens (tertiary/aromatic N) is 2. The number of piperidine rings is 1. The van der Waals surface area contributed by atoms with Crippen LogP contribution in [0.1, 0.15) is 32.3 Å². The van der Waals surface area contributed by atoms with Crippen molar-refractivity contribution in [2.45, 2.75) is 33.6 Å². The van der Waals surface area contributed by atoms with Crippen LogP contribution in [-0.4, -0.2) is 37.0 Å². The van der Waals surface area contributed by atoms with E-state index < -0.39 is 0 Å². The van der Waals surface area contributed by atoms with Crippen LogP contribution in [0.4, 0.5) is 5.69 Å². The van der Waals surface area contributed by atoms with Gasteiger partial charge in [0.25, 0.3) is 0 Å². The van der Waals surface area contributed by atoms with Gasteiger partial charge >= 0.3 is 0 Å². The molecular weight excluding hydrogens is 248 g/mol. The van der Waals surface area contributed by atoms with Crippen LogP contribution in [0.2, 0.25) is 0 Å². The van der Waals surface area contributed by atoms with Crippen molar-refractivity contribution in [3.63, 3.8) is 0 Å². The van der Waals surface area contributed by atoms with Gasteiger partial charge in [0.05, 0.1) is 6.54 Å². The Hall–Kier alpha value is -1.51. The van der Waals surface area contributed by atoms with Crippen LogP contribution < -0.4 is 4.90 Å². The minimum atomic E-state index is 0.264. The maximum Gasteiger partial charge on any atom is 0.242 e. The molecule has 0 atom stereocenters. The van der Waals surface area contributed by atoms with Crippen molar-refractivity contribution < 1.29 is 4.79 Å². The quantitative estimate of drug-likeness (QED) is 0.842. The molecule has 110 valence electrons. The lowest BCUT2D eigenvalue weighted by molar-refractivity contribution is -0.131. The predicted octanol–water partition coefficient (Wildman–Crippen LogP) is 3.08. The first-order valence-electron chi connectivity index (χ1n) is 7.69. The highest BCUT2D eigenvalue weighted by molar-refractivity contribution is 5.81. The average Bonchev–Trinajstić information content (AvgIpc) is 2.45. The Morgan fingerprint density at radius 3 is 2.65 bits per heavy atom. The molecule has 1 fully saturated rings. The molecule has 1 heterocycles. The van der Waals surface area contributed by atoms with Gasteiger partial charge in [0.1, 0.15) is 0 Å². The Morgan fingerprint density at radius 1 is 1.35 bits per heavy atom. The second-order valence-electron chi connectivity index (χ2n) is 5.92. The number of likely N-dealkylation sites (N-methyl/N-ethyl adjacent to an activating group) is 1. The largest absolute Gasteiger partial charge is 0.362 e. The van der Waals surface area contributed by atoms with Gasteiger partial charge in [0, 0.05) is 25.3 Å². The third-order valence-electron chi connectivity index (χ3n) is 4.21. The molecule has 2 rings (SSSR count). The topological polar surface area (TPSA) is 23.6 Å². The van der Waals surface area contributed by atoms with Crippen LogP contribution in [0.25, 0.3) is 0 Å². The summed E-state index contributed by atoms with van der Waals surface area (Å²) in [5.41, 5.74) is 2.38. The van der Waals surface area contributed by atoms with Crippen LogP contribution in [-0.2, 0) is 4.79 Å². The smallest absolute Gasteiger partial charge is 0.242 e. The zero-order chi connectivity index (χ0) is 14.5. The maximum absolute atomic E-state index is 12.4. The van der Waals surface area contributed by atoms with Crippen molar-refractivity contribution in [1.82, 2.24) is 4.90 Å². The third kappa shape index (κ3) is 3.75. The summed E-state index contributed by atoms with van der Waals surface area (Å²) in [6.07, 6.45) is 2.28. The van der Waals surface area contributed by atoms with E-state index in [-0.39, 0.29) is 5.91 Å². The van der Waals surface area contributed by atoms with E-state index in [9.17, 15) is 4.79 Å². The van der Waals surface area contributed by atoms with E-state index in [4.69, 9.17) is 0 Å². The number of carbonyl (C=O) groups is 1. The molecule has 1 aliphatic rings. The molecule has 3 heteroatoms. The van der Waals surface area contributed by atoms with Crippen LogP contribution in [0, 0.1) is 12.8 Å². The van der Waals surface area contributed by atoms with Crippen molar-refractivity contribution in [3.05, 3.63) is 29.8 Å². The molecule has 3 nitrogen and oxygen atoms in total. The van der Waals surface area contributed by atoms with E-state index in [2.05, 4.69) is 49.9 Å². The van der Waals surface area contributed by atoms with E-state index in [0.29, 0.717) is 6.54 Å². The number of hydrogen-bond donors (Lipinski definition) is 0. The van der Waals surface area contributed by atoms with Crippen LogP contribution in [0.5, 0.6) is 0 Å². The highest BCUT2D eigenvalue weighted by Gasteiger charge is 2.21. The lowest BCUT2D eigenvalue weighted by Crippen LogP contribution is -2.44. The third-order valence-corrected chi connectivity index (χ3v) is 4.21. The Morgan fingerprint density at radius 2 is 2.05 bits per heavy atom. The minimum absolute atomic E-state index is 0.264. The molecular formula is C17H26N2O. The molecule has 20 heavy (non-hydrogen) atoms. The summed E-state index contributed by atoms with van der Waals surface area (Å²) < 4.78 is 0.